The van der Waals surface area contributed by atoms with Crippen LogP contribution in [0.3, 0.4) is 0 Å². The van der Waals surface area contributed by atoms with Gasteiger partial charge in [-0.25, -0.2) is 0 Å². The largest absolute Gasteiger partial charge is 0.333 e. The second kappa shape index (κ2) is 6.30. The second-order valence-corrected chi connectivity index (χ2v) is 4.12. The molecule has 1 heterocycles. The molecule has 90 valence electrons. The topological polar surface area (TPSA) is 58.4 Å². The Morgan fingerprint density at radius 1 is 1.47 bits per heavy atom. The molecule has 1 fully saturated rings. The highest BCUT2D eigenvalue weighted by atomic mass is 35.5. The zero-order chi connectivity index (χ0) is 10.7. The SMILES string of the molecule is CCC(N)C(=O)N1C(C)CNCC1C.Cl. The van der Waals surface area contributed by atoms with Crippen LogP contribution in [0.1, 0.15) is 27.2 Å². The van der Waals surface area contributed by atoms with Gasteiger partial charge < -0.3 is 16.0 Å². The van der Waals surface area contributed by atoms with Gasteiger partial charge in [0.15, 0.2) is 0 Å². The van der Waals surface area contributed by atoms with Crippen molar-refractivity contribution in [2.75, 3.05) is 13.1 Å². The minimum atomic E-state index is -0.335. The van der Waals surface area contributed by atoms with E-state index in [2.05, 4.69) is 19.2 Å². The molecule has 1 aliphatic rings. The fourth-order valence-corrected chi connectivity index (χ4v) is 1.93. The lowest BCUT2D eigenvalue weighted by atomic mass is 10.1. The molecule has 1 aliphatic heterocycles. The van der Waals surface area contributed by atoms with Gasteiger partial charge >= 0.3 is 0 Å². The zero-order valence-electron chi connectivity index (χ0n) is 9.69. The molecule has 0 bridgehead atoms. The van der Waals surface area contributed by atoms with Crippen LogP contribution in [-0.2, 0) is 4.79 Å². The number of carbonyl (C=O) groups excluding carboxylic acids is 1. The van der Waals surface area contributed by atoms with E-state index in [9.17, 15) is 4.79 Å². The molecule has 0 saturated carbocycles. The van der Waals surface area contributed by atoms with Crippen LogP contribution in [0.5, 0.6) is 0 Å². The maximum absolute atomic E-state index is 11.9. The van der Waals surface area contributed by atoms with Crippen molar-refractivity contribution >= 4 is 18.3 Å². The lowest BCUT2D eigenvalue weighted by Crippen LogP contribution is -2.60. The Hall–Kier alpha value is -0.320. The van der Waals surface area contributed by atoms with Gasteiger partial charge in [-0.15, -0.1) is 12.4 Å². The van der Waals surface area contributed by atoms with Gasteiger partial charge in [0.1, 0.15) is 0 Å². The molecule has 1 rings (SSSR count). The Balaban J connectivity index is 0.00000196. The first kappa shape index (κ1) is 14.7. The molecular formula is C10H22ClN3O. The van der Waals surface area contributed by atoms with Gasteiger partial charge in [0.25, 0.3) is 0 Å². The van der Waals surface area contributed by atoms with Crippen LogP contribution >= 0.6 is 12.4 Å². The zero-order valence-corrected chi connectivity index (χ0v) is 10.5. The first-order valence-corrected chi connectivity index (χ1v) is 5.36. The molecule has 0 aliphatic carbocycles. The maximum atomic E-state index is 11.9. The highest BCUT2D eigenvalue weighted by Crippen LogP contribution is 2.11. The van der Waals surface area contributed by atoms with Crippen LogP contribution in [0.25, 0.3) is 0 Å². The molecule has 3 unspecified atom stereocenters. The van der Waals surface area contributed by atoms with Crippen molar-refractivity contribution < 1.29 is 4.79 Å². The van der Waals surface area contributed by atoms with Crippen molar-refractivity contribution in [3.8, 4) is 0 Å². The van der Waals surface area contributed by atoms with E-state index in [1.165, 1.54) is 0 Å². The standard InChI is InChI=1S/C10H21N3O.ClH/c1-4-9(11)10(14)13-7(2)5-12-6-8(13)3;/h7-9,12H,4-6,11H2,1-3H3;1H. The molecule has 0 aromatic heterocycles. The van der Waals surface area contributed by atoms with Crippen molar-refractivity contribution in [3.05, 3.63) is 0 Å². The monoisotopic (exact) mass is 235 g/mol. The van der Waals surface area contributed by atoms with Crippen molar-refractivity contribution in [3.63, 3.8) is 0 Å². The molecule has 15 heavy (non-hydrogen) atoms. The summed E-state index contributed by atoms with van der Waals surface area (Å²) in [7, 11) is 0. The molecule has 0 aromatic carbocycles. The number of nitrogens with two attached hydrogens (primary N) is 1. The third-order valence-electron chi connectivity index (χ3n) is 2.84. The first-order chi connectivity index (χ1) is 6.57. The van der Waals surface area contributed by atoms with Crippen LogP contribution in [0.4, 0.5) is 0 Å². The van der Waals surface area contributed by atoms with Gasteiger partial charge in [0.2, 0.25) is 5.91 Å². The summed E-state index contributed by atoms with van der Waals surface area (Å²) in [6.45, 7) is 7.80. The fourth-order valence-electron chi connectivity index (χ4n) is 1.93. The number of nitrogens with one attached hydrogen (secondary N) is 1. The average molecular weight is 236 g/mol. The van der Waals surface area contributed by atoms with Gasteiger partial charge in [0.05, 0.1) is 6.04 Å². The van der Waals surface area contributed by atoms with Crippen molar-refractivity contribution in [2.24, 2.45) is 5.73 Å². The van der Waals surface area contributed by atoms with Crippen molar-refractivity contribution in [1.82, 2.24) is 10.2 Å². The van der Waals surface area contributed by atoms with E-state index >= 15 is 0 Å². The fraction of sp³-hybridized carbons (Fsp3) is 0.900. The highest BCUT2D eigenvalue weighted by molar-refractivity contribution is 5.85. The summed E-state index contributed by atoms with van der Waals surface area (Å²) in [5.41, 5.74) is 5.76. The Kier molecular flexibility index (Phi) is 6.17. The number of piperazine rings is 1. The quantitative estimate of drug-likeness (QED) is 0.727. The molecule has 3 atom stereocenters. The first-order valence-electron chi connectivity index (χ1n) is 5.36. The predicted molar refractivity (Wildman–Crippen MR) is 64.2 cm³/mol. The second-order valence-electron chi connectivity index (χ2n) is 4.12. The van der Waals surface area contributed by atoms with E-state index in [1.54, 1.807) is 0 Å². The summed E-state index contributed by atoms with van der Waals surface area (Å²) in [5, 5.41) is 3.29. The summed E-state index contributed by atoms with van der Waals surface area (Å²) < 4.78 is 0. The number of halogens is 1. The molecule has 0 radical (unpaired) electrons. The van der Waals surface area contributed by atoms with Crippen LogP contribution < -0.4 is 11.1 Å². The van der Waals surface area contributed by atoms with Crippen molar-refractivity contribution in [1.29, 1.82) is 0 Å². The van der Waals surface area contributed by atoms with E-state index in [4.69, 9.17) is 5.73 Å². The Morgan fingerprint density at radius 3 is 2.33 bits per heavy atom. The van der Waals surface area contributed by atoms with Gasteiger partial charge in [0, 0.05) is 25.2 Å². The summed E-state index contributed by atoms with van der Waals surface area (Å²) in [4.78, 5) is 13.8. The number of rotatable bonds is 2. The normalized spacial score (nSPS) is 28.1. The van der Waals surface area contributed by atoms with E-state index in [-0.39, 0.29) is 36.4 Å². The Bertz CT molecular complexity index is 203. The minimum Gasteiger partial charge on any atom is -0.333 e. The number of amides is 1. The molecule has 0 aromatic rings. The lowest BCUT2D eigenvalue weighted by Gasteiger charge is -2.40. The molecule has 1 amide bonds. The van der Waals surface area contributed by atoms with E-state index in [1.807, 2.05) is 11.8 Å². The highest BCUT2D eigenvalue weighted by Gasteiger charge is 2.30. The van der Waals surface area contributed by atoms with Gasteiger partial charge in [-0.3, -0.25) is 4.79 Å². The van der Waals surface area contributed by atoms with Gasteiger partial charge in [-0.05, 0) is 20.3 Å². The number of hydrogen-bond acceptors (Lipinski definition) is 3. The van der Waals surface area contributed by atoms with Crippen LogP contribution in [0.2, 0.25) is 0 Å². The van der Waals surface area contributed by atoms with Crippen molar-refractivity contribution in [2.45, 2.75) is 45.3 Å². The Labute approximate surface area is 98.0 Å². The molecule has 5 heteroatoms. The molecule has 0 spiro atoms. The Morgan fingerprint density at radius 2 is 1.93 bits per heavy atom. The number of nitrogens with zero attached hydrogens (tertiary/aromatic N) is 1. The van der Waals surface area contributed by atoms with Crippen LogP contribution in [-0.4, -0.2) is 42.0 Å². The number of hydrogen-bond donors (Lipinski definition) is 2. The molecule has 1 saturated heterocycles. The van der Waals surface area contributed by atoms with Gasteiger partial charge in [-0.1, -0.05) is 6.92 Å². The smallest absolute Gasteiger partial charge is 0.240 e. The van der Waals surface area contributed by atoms with E-state index in [0.29, 0.717) is 6.42 Å². The summed E-state index contributed by atoms with van der Waals surface area (Å²) in [6.07, 6.45) is 0.711. The van der Waals surface area contributed by atoms with E-state index in [0.717, 1.165) is 13.1 Å². The van der Waals surface area contributed by atoms with Crippen LogP contribution in [0.15, 0.2) is 0 Å². The molecular weight excluding hydrogens is 214 g/mol. The average Bonchev–Trinajstić information content (AvgIpc) is 2.16. The van der Waals surface area contributed by atoms with Crippen LogP contribution in [0, 0.1) is 0 Å². The third kappa shape index (κ3) is 3.33. The number of carbonyl (C=O) groups is 1. The maximum Gasteiger partial charge on any atom is 0.240 e. The van der Waals surface area contributed by atoms with E-state index < -0.39 is 0 Å². The summed E-state index contributed by atoms with van der Waals surface area (Å²) in [6, 6.07) is 0.172. The predicted octanol–water partition coefficient (Wildman–Crippen LogP) is 0.354. The van der Waals surface area contributed by atoms with Gasteiger partial charge in [-0.2, -0.15) is 0 Å². The minimum absolute atomic E-state index is 0. The molecule has 4 nitrogen and oxygen atoms in total. The lowest BCUT2D eigenvalue weighted by molar-refractivity contribution is -0.138. The molecule has 3 N–H and O–H groups in total. The summed E-state index contributed by atoms with van der Waals surface area (Å²) >= 11 is 0. The summed E-state index contributed by atoms with van der Waals surface area (Å²) in [5.74, 6) is 0.0917. The third-order valence-corrected chi connectivity index (χ3v) is 2.84.